The molecule has 1 amide bonds. The SMILES string of the molecule is Cc1cc(CNC(=O)c2c(Cl)cccc2Cl)ccc1Br. The summed E-state index contributed by atoms with van der Waals surface area (Å²) in [6.07, 6.45) is 0. The van der Waals surface area contributed by atoms with E-state index in [0.717, 1.165) is 15.6 Å². The second kappa shape index (κ2) is 6.61. The molecule has 0 spiro atoms. The molecule has 0 heterocycles. The maximum atomic E-state index is 12.1. The van der Waals surface area contributed by atoms with Crippen LogP contribution in [0.15, 0.2) is 40.9 Å². The predicted octanol–water partition coefficient (Wildman–Crippen LogP) is 4.99. The summed E-state index contributed by atoms with van der Waals surface area (Å²) < 4.78 is 1.04. The first-order valence-corrected chi connectivity index (χ1v) is 7.51. The third kappa shape index (κ3) is 3.54. The predicted molar refractivity (Wildman–Crippen MR) is 86.5 cm³/mol. The summed E-state index contributed by atoms with van der Waals surface area (Å²) >= 11 is 15.4. The molecule has 2 aromatic carbocycles. The Morgan fingerprint density at radius 3 is 2.45 bits per heavy atom. The monoisotopic (exact) mass is 371 g/mol. The van der Waals surface area contributed by atoms with Crippen molar-refractivity contribution in [2.45, 2.75) is 13.5 Å². The molecule has 0 aromatic heterocycles. The molecule has 104 valence electrons. The van der Waals surface area contributed by atoms with Gasteiger partial charge in [-0.2, -0.15) is 0 Å². The molecule has 20 heavy (non-hydrogen) atoms. The van der Waals surface area contributed by atoms with Crippen LogP contribution >= 0.6 is 39.1 Å². The maximum absolute atomic E-state index is 12.1. The van der Waals surface area contributed by atoms with Gasteiger partial charge < -0.3 is 5.32 Å². The second-order valence-electron chi connectivity index (χ2n) is 4.36. The summed E-state index contributed by atoms with van der Waals surface area (Å²) in [6, 6.07) is 10.9. The highest BCUT2D eigenvalue weighted by Crippen LogP contribution is 2.24. The van der Waals surface area contributed by atoms with Gasteiger partial charge in [0, 0.05) is 11.0 Å². The number of halogens is 3. The summed E-state index contributed by atoms with van der Waals surface area (Å²) in [6.45, 7) is 2.43. The Hall–Kier alpha value is -1.03. The largest absolute Gasteiger partial charge is 0.348 e. The first-order chi connectivity index (χ1) is 9.49. The van der Waals surface area contributed by atoms with E-state index in [2.05, 4.69) is 21.2 Å². The van der Waals surface area contributed by atoms with Crippen molar-refractivity contribution in [3.63, 3.8) is 0 Å². The number of nitrogens with one attached hydrogen (secondary N) is 1. The van der Waals surface area contributed by atoms with Gasteiger partial charge >= 0.3 is 0 Å². The molecule has 0 atom stereocenters. The van der Waals surface area contributed by atoms with Crippen LogP contribution in [0.1, 0.15) is 21.5 Å². The molecular weight excluding hydrogens is 361 g/mol. The number of benzene rings is 2. The Bertz CT molecular complexity index is 638. The number of amides is 1. The van der Waals surface area contributed by atoms with Crippen molar-refractivity contribution in [2.75, 3.05) is 0 Å². The third-order valence-electron chi connectivity index (χ3n) is 2.87. The Labute approximate surface area is 136 Å². The number of rotatable bonds is 3. The molecule has 5 heteroatoms. The lowest BCUT2D eigenvalue weighted by molar-refractivity contribution is 0.0951. The van der Waals surface area contributed by atoms with Crippen molar-refractivity contribution in [2.24, 2.45) is 0 Å². The van der Waals surface area contributed by atoms with Gasteiger partial charge in [0.2, 0.25) is 0 Å². The zero-order valence-electron chi connectivity index (χ0n) is 10.7. The normalized spacial score (nSPS) is 10.4. The van der Waals surface area contributed by atoms with Crippen LogP contribution in [0.2, 0.25) is 10.0 Å². The minimum absolute atomic E-state index is 0.277. The van der Waals surface area contributed by atoms with E-state index in [1.54, 1.807) is 18.2 Å². The van der Waals surface area contributed by atoms with Crippen LogP contribution < -0.4 is 5.32 Å². The second-order valence-corrected chi connectivity index (χ2v) is 6.03. The number of aryl methyl sites for hydroxylation is 1. The lowest BCUT2D eigenvalue weighted by Crippen LogP contribution is -2.23. The Kier molecular flexibility index (Phi) is 5.08. The van der Waals surface area contributed by atoms with Crippen molar-refractivity contribution < 1.29 is 4.79 Å². The molecular formula is C15H12BrCl2NO. The van der Waals surface area contributed by atoms with Crippen LogP contribution in [-0.2, 0) is 6.54 Å². The molecule has 0 aliphatic carbocycles. The maximum Gasteiger partial charge on any atom is 0.254 e. The van der Waals surface area contributed by atoms with Crippen LogP contribution in [0, 0.1) is 6.92 Å². The topological polar surface area (TPSA) is 29.1 Å². The molecule has 0 aliphatic rings. The van der Waals surface area contributed by atoms with Crippen LogP contribution in [-0.4, -0.2) is 5.91 Å². The van der Waals surface area contributed by atoms with E-state index < -0.39 is 0 Å². The summed E-state index contributed by atoms with van der Waals surface area (Å²) in [5.74, 6) is -0.277. The van der Waals surface area contributed by atoms with Crippen LogP contribution in [0.5, 0.6) is 0 Å². The van der Waals surface area contributed by atoms with Crippen LogP contribution in [0.25, 0.3) is 0 Å². The molecule has 0 saturated carbocycles. The Morgan fingerprint density at radius 1 is 1.20 bits per heavy atom. The van der Waals surface area contributed by atoms with Gasteiger partial charge in [0.05, 0.1) is 15.6 Å². The molecule has 2 aromatic rings. The lowest BCUT2D eigenvalue weighted by Gasteiger charge is -2.09. The zero-order valence-corrected chi connectivity index (χ0v) is 13.8. The summed E-state index contributed by atoms with van der Waals surface area (Å²) in [7, 11) is 0. The number of carbonyl (C=O) groups excluding carboxylic acids is 1. The van der Waals surface area contributed by atoms with Gasteiger partial charge in [-0.15, -0.1) is 0 Å². The van der Waals surface area contributed by atoms with E-state index in [4.69, 9.17) is 23.2 Å². The van der Waals surface area contributed by atoms with Crippen LogP contribution in [0.3, 0.4) is 0 Å². The molecule has 1 N–H and O–H groups in total. The smallest absolute Gasteiger partial charge is 0.254 e. The van der Waals surface area contributed by atoms with Gasteiger partial charge in [-0.3, -0.25) is 4.79 Å². The molecule has 0 aliphatic heterocycles. The average Bonchev–Trinajstić information content (AvgIpc) is 2.40. The highest BCUT2D eigenvalue weighted by atomic mass is 79.9. The van der Waals surface area contributed by atoms with Gasteiger partial charge in [0.1, 0.15) is 0 Å². The third-order valence-corrected chi connectivity index (χ3v) is 4.38. The first kappa shape index (κ1) is 15.4. The summed E-state index contributed by atoms with van der Waals surface area (Å²) in [5.41, 5.74) is 2.44. The van der Waals surface area contributed by atoms with Gasteiger partial charge in [0.15, 0.2) is 0 Å². The van der Waals surface area contributed by atoms with E-state index >= 15 is 0 Å². The van der Waals surface area contributed by atoms with Gasteiger partial charge in [0.25, 0.3) is 5.91 Å². The minimum Gasteiger partial charge on any atom is -0.348 e. The minimum atomic E-state index is -0.277. The van der Waals surface area contributed by atoms with E-state index in [9.17, 15) is 4.79 Å². The van der Waals surface area contributed by atoms with Crippen molar-refractivity contribution in [1.29, 1.82) is 0 Å². The van der Waals surface area contributed by atoms with Crippen molar-refractivity contribution in [3.05, 3.63) is 67.6 Å². The molecule has 0 fully saturated rings. The van der Waals surface area contributed by atoms with Gasteiger partial charge in [-0.1, -0.05) is 57.3 Å². The Morgan fingerprint density at radius 2 is 1.85 bits per heavy atom. The molecule has 0 bridgehead atoms. The lowest BCUT2D eigenvalue weighted by atomic mass is 10.1. The van der Waals surface area contributed by atoms with Crippen molar-refractivity contribution in [1.82, 2.24) is 5.32 Å². The van der Waals surface area contributed by atoms with Gasteiger partial charge in [-0.25, -0.2) is 0 Å². The molecule has 0 radical (unpaired) electrons. The van der Waals surface area contributed by atoms with E-state index in [0.29, 0.717) is 22.2 Å². The standard InChI is InChI=1S/C15H12BrCl2NO/c1-9-7-10(5-6-11(9)16)8-19-15(20)14-12(17)3-2-4-13(14)18/h2-7H,8H2,1H3,(H,19,20). The Balaban J connectivity index is 2.11. The summed E-state index contributed by atoms with van der Waals surface area (Å²) in [5, 5.41) is 3.52. The van der Waals surface area contributed by atoms with E-state index in [1.165, 1.54) is 0 Å². The number of hydrogen-bond donors (Lipinski definition) is 1. The zero-order chi connectivity index (χ0) is 14.7. The highest BCUT2D eigenvalue weighted by Gasteiger charge is 2.14. The van der Waals surface area contributed by atoms with Gasteiger partial charge in [-0.05, 0) is 36.2 Å². The quantitative estimate of drug-likeness (QED) is 0.807. The fraction of sp³-hybridized carbons (Fsp3) is 0.133. The first-order valence-electron chi connectivity index (χ1n) is 5.96. The van der Waals surface area contributed by atoms with Crippen LogP contribution in [0.4, 0.5) is 0 Å². The average molecular weight is 373 g/mol. The molecule has 0 saturated heterocycles. The van der Waals surface area contributed by atoms with E-state index in [-0.39, 0.29) is 5.91 Å². The fourth-order valence-corrected chi connectivity index (χ4v) is 2.62. The molecule has 2 nitrogen and oxygen atoms in total. The molecule has 0 unspecified atom stereocenters. The summed E-state index contributed by atoms with van der Waals surface area (Å²) in [4.78, 5) is 12.1. The van der Waals surface area contributed by atoms with Crippen molar-refractivity contribution in [3.8, 4) is 0 Å². The number of hydrogen-bond acceptors (Lipinski definition) is 1. The fourth-order valence-electron chi connectivity index (χ4n) is 1.80. The van der Waals surface area contributed by atoms with Crippen molar-refractivity contribution >= 4 is 45.0 Å². The highest BCUT2D eigenvalue weighted by molar-refractivity contribution is 9.10. The number of carbonyl (C=O) groups is 1. The van der Waals surface area contributed by atoms with E-state index in [1.807, 2.05) is 25.1 Å². The molecule has 2 rings (SSSR count).